The monoisotopic (exact) mass is 329 g/mol. The Morgan fingerprint density at radius 1 is 1.35 bits per heavy atom. The zero-order valence-electron chi connectivity index (χ0n) is 11.2. The first-order valence-electron chi connectivity index (χ1n) is 5.98. The summed E-state index contributed by atoms with van der Waals surface area (Å²) in [6, 6.07) is 6.92. The third-order valence-electron chi connectivity index (χ3n) is 2.51. The van der Waals surface area contributed by atoms with Gasteiger partial charge in [0.2, 0.25) is 5.13 Å². The zero-order chi connectivity index (χ0) is 14.6. The molecule has 1 aromatic carbocycles. The van der Waals surface area contributed by atoms with E-state index in [0.717, 1.165) is 22.7 Å². The van der Waals surface area contributed by atoms with Gasteiger partial charge in [-0.1, -0.05) is 30.4 Å². The summed E-state index contributed by atoms with van der Waals surface area (Å²) in [5.41, 5.74) is 0.979. The Labute approximate surface area is 126 Å². The second-order valence-electron chi connectivity index (χ2n) is 4.04. The van der Waals surface area contributed by atoms with Crippen LogP contribution in [0.5, 0.6) is 0 Å². The van der Waals surface area contributed by atoms with Crippen LogP contribution in [0.2, 0.25) is 0 Å². The lowest BCUT2D eigenvalue weighted by atomic mass is 10.2. The molecule has 0 aliphatic heterocycles. The maximum atomic E-state index is 12.3. The van der Waals surface area contributed by atoms with Gasteiger partial charge >= 0.3 is 0 Å². The minimum absolute atomic E-state index is 0.247. The molecule has 2 rings (SSSR count). The molecule has 0 saturated carbocycles. The van der Waals surface area contributed by atoms with Crippen LogP contribution in [0.4, 0.5) is 5.13 Å². The van der Waals surface area contributed by atoms with Crippen molar-refractivity contribution in [1.29, 1.82) is 0 Å². The number of aryl methyl sites for hydroxylation is 1. The van der Waals surface area contributed by atoms with Crippen LogP contribution in [0.15, 0.2) is 29.2 Å². The van der Waals surface area contributed by atoms with Gasteiger partial charge in [-0.15, -0.1) is 10.2 Å². The summed E-state index contributed by atoms with van der Waals surface area (Å²) in [5.74, 6) is 0.780. The Balaban J connectivity index is 2.23. The molecule has 0 spiro atoms. The number of sulfonamides is 1. The smallest absolute Gasteiger partial charge is 0.253 e. The van der Waals surface area contributed by atoms with Gasteiger partial charge in [0, 0.05) is 5.75 Å². The average Bonchev–Trinajstić information content (AvgIpc) is 2.86. The normalized spacial score (nSPS) is 11.5. The Morgan fingerprint density at radius 2 is 2.15 bits per heavy atom. The highest BCUT2D eigenvalue weighted by molar-refractivity contribution is 7.97. The second kappa shape index (κ2) is 6.55. The molecular weight excluding hydrogens is 314 g/mol. The average molecular weight is 329 g/mol. The molecule has 2 aromatic rings. The molecule has 108 valence electrons. The molecule has 0 atom stereocenters. The van der Waals surface area contributed by atoms with Gasteiger partial charge in [0.1, 0.15) is 5.01 Å². The van der Waals surface area contributed by atoms with E-state index in [2.05, 4.69) is 14.9 Å². The first-order valence-corrected chi connectivity index (χ1v) is 9.67. The highest BCUT2D eigenvalue weighted by Crippen LogP contribution is 2.21. The molecule has 0 aliphatic rings. The van der Waals surface area contributed by atoms with Gasteiger partial charge in [0.25, 0.3) is 10.0 Å². The standard InChI is InChI=1S/C12H15N3O2S3/c1-3-11-13-14-12(19-11)15-20(16,17)10-6-4-5-9(7-10)8-18-2/h4-7H,3,8H2,1-2H3,(H,14,15). The van der Waals surface area contributed by atoms with Gasteiger partial charge in [0.05, 0.1) is 4.90 Å². The van der Waals surface area contributed by atoms with E-state index in [-0.39, 0.29) is 4.90 Å². The number of nitrogens with one attached hydrogen (secondary N) is 1. The molecule has 1 heterocycles. The Morgan fingerprint density at radius 3 is 2.80 bits per heavy atom. The minimum atomic E-state index is -3.60. The molecule has 1 aromatic heterocycles. The highest BCUT2D eigenvalue weighted by Gasteiger charge is 2.17. The van der Waals surface area contributed by atoms with Crippen molar-refractivity contribution >= 4 is 38.3 Å². The molecule has 0 unspecified atom stereocenters. The Bertz CT molecular complexity index is 683. The van der Waals surface area contributed by atoms with E-state index in [4.69, 9.17) is 0 Å². The van der Waals surface area contributed by atoms with Crippen molar-refractivity contribution in [2.45, 2.75) is 24.0 Å². The second-order valence-corrected chi connectivity index (χ2v) is 7.65. The number of thioether (sulfide) groups is 1. The van der Waals surface area contributed by atoms with Crippen molar-refractivity contribution in [3.8, 4) is 0 Å². The molecule has 0 bridgehead atoms. The fourth-order valence-electron chi connectivity index (χ4n) is 1.58. The molecule has 0 radical (unpaired) electrons. The highest BCUT2D eigenvalue weighted by atomic mass is 32.2. The lowest BCUT2D eigenvalue weighted by Crippen LogP contribution is -2.13. The molecule has 20 heavy (non-hydrogen) atoms. The van der Waals surface area contributed by atoms with Crippen LogP contribution in [0.1, 0.15) is 17.5 Å². The van der Waals surface area contributed by atoms with E-state index < -0.39 is 10.0 Å². The van der Waals surface area contributed by atoms with Crippen molar-refractivity contribution < 1.29 is 8.42 Å². The summed E-state index contributed by atoms with van der Waals surface area (Å²) < 4.78 is 27.0. The van der Waals surface area contributed by atoms with Crippen LogP contribution < -0.4 is 4.72 Å². The Hall–Kier alpha value is -1.12. The van der Waals surface area contributed by atoms with Crippen LogP contribution in [0, 0.1) is 0 Å². The fraction of sp³-hybridized carbons (Fsp3) is 0.333. The zero-order valence-corrected chi connectivity index (χ0v) is 13.6. The van der Waals surface area contributed by atoms with E-state index in [9.17, 15) is 8.42 Å². The van der Waals surface area contributed by atoms with Crippen LogP contribution in [-0.4, -0.2) is 24.9 Å². The van der Waals surface area contributed by atoms with Gasteiger partial charge in [0.15, 0.2) is 0 Å². The van der Waals surface area contributed by atoms with Crippen molar-refractivity contribution in [3.05, 3.63) is 34.8 Å². The molecular formula is C12H15N3O2S3. The number of hydrogen-bond donors (Lipinski definition) is 1. The third kappa shape index (κ3) is 3.71. The van der Waals surface area contributed by atoms with Crippen LogP contribution >= 0.6 is 23.1 Å². The Kier molecular flexibility index (Phi) is 5.00. The summed E-state index contributed by atoms with van der Waals surface area (Å²) >= 11 is 2.90. The number of hydrogen-bond acceptors (Lipinski definition) is 6. The summed E-state index contributed by atoms with van der Waals surface area (Å²) in [5, 5.41) is 8.84. The minimum Gasteiger partial charge on any atom is -0.253 e. The number of nitrogens with zero attached hydrogens (tertiary/aromatic N) is 2. The van der Waals surface area contributed by atoms with Crippen molar-refractivity contribution in [2.24, 2.45) is 0 Å². The first-order chi connectivity index (χ1) is 9.55. The summed E-state index contributed by atoms with van der Waals surface area (Å²) in [7, 11) is -3.60. The van der Waals surface area contributed by atoms with E-state index in [0.29, 0.717) is 5.13 Å². The maximum Gasteiger partial charge on any atom is 0.263 e. The molecule has 8 heteroatoms. The number of anilines is 1. The van der Waals surface area contributed by atoms with Crippen LogP contribution in [0.25, 0.3) is 0 Å². The van der Waals surface area contributed by atoms with Gasteiger partial charge in [-0.2, -0.15) is 11.8 Å². The number of aromatic nitrogens is 2. The molecule has 0 aliphatic carbocycles. The molecule has 0 amide bonds. The van der Waals surface area contributed by atoms with E-state index in [1.54, 1.807) is 30.0 Å². The van der Waals surface area contributed by atoms with Crippen LogP contribution in [0.3, 0.4) is 0 Å². The summed E-state index contributed by atoms with van der Waals surface area (Å²) in [6.45, 7) is 1.95. The molecule has 1 N–H and O–H groups in total. The van der Waals surface area contributed by atoms with Crippen molar-refractivity contribution in [2.75, 3.05) is 11.0 Å². The van der Waals surface area contributed by atoms with Gasteiger partial charge in [-0.25, -0.2) is 8.42 Å². The lowest BCUT2D eigenvalue weighted by Gasteiger charge is -2.06. The summed E-state index contributed by atoms with van der Waals surface area (Å²) in [4.78, 5) is 0.247. The SMILES string of the molecule is CCc1nnc(NS(=O)(=O)c2cccc(CSC)c2)s1. The van der Waals surface area contributed by atoms with Gasteiger partial charge in [-0.3, -0.25) is 4.72 Å². The number of rotatable bonds is 6. The van der Waals surface area contributed by atoms with E-state index >= 15 is 0 Å². The molecule has 0 fully saturated rings. The predicted molar refractivity (Wildman–Crippen MR) is 83.8 cm³/mol. The topological polar surface area (TPSA) is 72.0 Å². The predicted octanol–water partition coefficient (Wildman–Crippen LogP) is 2.76. The molecule has 5 nitrogen and oxygen atoms in total. The van der Waals surface area contributed by atoms with Crippen LogP contribution in [-0.2, 0) is 22.2 Å². The summed E-state index contributed by atoms with van der Waals surface area (Å²) in [6.07, 6.45) is 2.72. The quantitative estimate of drug-likeness (QED) is 0.882. The van der Waals surface area contributed by atoms with Crippen molar-refractivity contribution in [3.63, 3.8) is 0 Å². The largest absolute Gasteiger partial charge is 0.263 e. The fourth-order valence-corrected chi connectivity index (χ4v) is 4.07. The van der Waals surface area contributed by atoms with Gasteiger partial charge in [-0.05, 0) is 30.4 Å². The van der Waals surface area contributed by atoms with E-state index in [1.807, 2.05) is 19.2 Å². The third-order valence-corrected chi connectivity index (χ3v) is 5.58. The molecule has 0 saturated heterocycles. The first kappa shape index (κ1) is 15.3. The lowest BCUT2D eigenvalue weighted by molar-refractivity contribution is 0.601. The number of benzene rings is 1. The van der Waals surface area contributed by atoms with Gasteiger partial charge < -0.3 is 0 Å². The van der Waals surface area contributed by atoms with E-state index in [1.165, 1.54) is 11.3 Å². The maximum absolute atomic E-state index is 12.3. The van der Waals surface area contributed by atoms with Crippen molar-refractivity contribution in [1.82, 2.24) is 10.2 Å².